The molecule has 0 aromatic carbocycles. The number of rotatable bonds is 53. The smallest absolute Gasteiger partial charge is 0.306 e. The predicted octanol–water partition coefficient (Wildman–Crippen LogP) is 20.1. The van der Waals surface area contributed by atoms with E-state index >= 15 is 0 Å². The quantitative estimate of drug-likeness (QED) is 0.0261. The SMILES string of the molecule is CC/C=C\C/C=C\C/C=C\C/C=C\C/C=C\CCCC(=O)OC[C@H](COC(=O)CCCCCCCCC/C=C\CCCCCCCC)OC(=O)CCCCCCCCCCC/C=C\C/C=C\CCCCC. The van der Waals surface area contributed by atoms with Crippen molar-refractivity contribution < 1.29 is 28.6 Å². The van der Waals surface area contributed by atoms with E-state index in [2.05, 4.69) is 118 Å². The Bertz CT molecular complexity index is 1410. The molecule has 0 bridgehead atoms. The van der Waals surface area contributed by atoms with Crippen LogP contribution in [0.2, 0.25) is 0 Å². The molecule has 6 nitrogen and oxygen atoms in total. The van der Waals surface area contributed by atoms with Crippen LogP contribution in [0, 0.1) is 0 Å². The van der Waals surface area contributed by atoms with Crippen LogP contribution in [0.1, 0.15) is 278 Å². The summed E-state index contributed by atoms with van der Waals surface area (Å²) < 4.78 is 16.8. The number of hydrogen-bond acceptors (Lipinski definition) is 6. The van der Waals surface area contributed by atoms with E-state index in [0.717, 1.165) is 83.5 Å². The summed E-state index contributed by atoms with van der Waals surface area (Å²) in [7, 11) is 0. The molecule has 0 rings (SSSR count). The van der Waals surface area contributed by atoms with Gasteiger partial charge in [-0.1, -0.05) is 240 Å². The summed E-state index contributed by atoms with van der Waals surface area (Å²) in [5.41, 5.74) is 0. The zero-order valence-corrected chi connectivity index (χ0v) is 46.5. The van der Waals surface area contributed by atoms with Gasteiger partial charge in [0, 0.05) is 19.3 Å². The van der Waals surface area contributed by atoms with Crippen LogP contribution in [0.5, 0.6) is 0 Å². The lowest BCUT2D eigenvalue weighted by molar-refractivity contribution is -0.167. The molecule has 0 saturated heterocycles. The summed E-state index contributed by atoms with van der Waals surface area (Å²) in [6.45, 7) is 6.46. The van der Waals surface area contributed by atoms with E-state index in [0.29, 0.717) is 19.3 Å². The summed E-state index contributed by atoms with van der Waals surface area (Å²) in [6.07, 6.45) is 78.3. The van der Waals surface area contributed by atoms with Crippen LogP contribution in [0.15, 0.2) is 97.2 Å². The van der Waals surface area contributed by atoms with Crippen molar-refractivity contribution in [3.8, 4) is 0 Å². The third-order valence-corrected chi connectivity index (χ3v) is 12.5. The fraction of sp³-hybridized carbons (Fsp3) is 0.708. The van der Waals surface area contributed by atoms with Gasteiger partial charge in [-0.05, 0) is 116 Å². The number of ether oxygens (including phenoxy) is 3. The molecule has 1 atom stereocenters. The number of unbranched alkanes of at least 4 members (excludes halogenated alkanes) is 26. The molecule has 0 saturated carbocycles. The van der Waals surface area contributed by atoms with Crippen LogP contribution in [-0.4, -0.2) is 37.2 Å². The summed E-state index contributed by atoms with van der Waals surface area (Å²) in [5, 5.41) is 0. The lowest BCUT2D eigenvalue weighted by Crippen LogP contribution is -2.30. The molecule has 0 amide bonds. The van der Waals surface area contributed by atoms with Crippen molar-refractivity contribution in [2.75, 3.05) is 13.2 Å². The van der Waals surface area contributed by atoms with E-state index in [1.807, 2.05) is 0 Å². The third-order valence-electron chi connectivity index (χ3n) is 12.5. The zero-order valence-electron chi connectivity index (χ0n) is 46.5. The molecular formula is C65H110O6. The van der Waals surface area contributed by atoms with Gasteiger partial charge in [0.25, 0.3) is 0 Å². The number of esters is 3. The summed E-state index contributed by atoms with van der Waals surface area (Å²) in [5.74, 6) is -0.963. The van der Waals surface area contributed by atoms with Gasteiger partial charge in [0.2, 0.25) is 0 Å². The van der Waals surface area contributed by atoms with Crippen LogP contribution in [-0.2, 0) is 28.6 Å². The van der Waals surface area contributed by atoms with Crippen molar-refractivity contribution in [3.05, 3.63) is 97.2 Å². The Hall–Kier alpha value is -3.67. The Morgan fingerprint density at radius 3 is 0.958 bits per heavy atom. The topological polar surface area (TPSA) is 78.9 Å². The molecule has 0 aromatic heterocycles. The van der Waals surface area contributed by atoms with Gasteiger partial charge in [-0.3, -0.25) is 14.4 Å². The highest BCUT2D eigenvalue weighted by molar-refractivity contribution is 5.71. The minimum atomic E-state index is -0.806. The van der Waals surface area contributed by atoms with Crippen LogP contribution >= 0.6 is 0 Å². The highest BCUT2D eigenvalue weighted by atomic mass is 16.6. The fourth-order valence-electron chi connectivity index (χ4n) is 8.09. The van der Waals surface area contributed by atoms with Crippen LogP contribution < -0.4 is 0 Å². The molecule has 0 unspecified atom stereocenters. The molecule has 0 aliphatic heterocycles. The second-order valence-corrected chi connectivity index (χ2v) is 19.5. The largest absolute Gasteiger partial charge is 0.462 e. The second kappa shape index (κ2) is 58.9. The molecule has 0 heterocycles. The predicted molar refractivity (Wildman–Crippen MR) is 307 cm³/mol. The van der Waals surface area contributed by atoms with E-state index in [-0.39, 0.29) is 37.5 Å². The van der Waals surface area contributed by atoms with E-state index < -0.39 is 6.10 Å². The third kappa shape index (κ3) is 57.1. The molecule has 6 heteroatoms. The first kappa shape index (κ1) is 67.3. The first-order chi connectivity index (χ1) is 35.0. The number of allylic oxidation sites excluding steroid dienone is 16. The van der Waals surface area contributed by atoms with Gasteiger partial charge >= 0.3 is 17.9 Å². The fourth-order valence-corrected chi connectivity index (χ4v) is 8.09. The van der Waals surface area contributed by atoms with Gasteiger partial charge < -0.3 is 14.2 Å². The van der Waals surface area contributed by atoms with Crippen LogP contribution in [0.4, 0.5) is 0 Å². The maximum atomic E-state index is 12.9. The Morgan fingerprint density at radius 1 is 0.296 bits per heavy atom. The van der Waals surface area contributed by atoms with E-state index in [4.69, 9.17) is 14.2 Å². The monoisotopic (exact) mass is 987 g/mol. The Morgan fingerprint density at radius 2 is 0.563 bits per heavy atom. The van der Waals surface area contributed by atoms with Crippen molar-refractivity contribution in [1.82, 2.24) is 0 Å². The van der Waals surface area contributed by atoms with Crippen LogP contribution in [0.25, 0.3) is 0 Å². The zero-order chi connectivity index (χ0) is 51.4. The normalized spacial score (nSPS) is 12.8. The van der Waals surface area contributed by atoms with Gasteiger partial charge in [0.15, 0.2) is 6.10 Å². The van der Waals surface area contributed by atoms with Crippen molar-refractivity contribution in [3.63, 3.8) is 0 Å². The summed E-state index contributed by atoms with van der Waals surface area (Å²) in [4.78, 5) is 38.2. The Labute approximate surface area is 438 Å². The molecule has 0 aliphatic rings. The van der Waals surface area contributed by atoms with Crippen molar-refractivity contribution >= 4 is 17.9 Å². The minimum absolute atomic E-state index is 0.0991. The summed E-state index contributed by atoms with van der Waals surface area (Å²) in [6, 6.07) is 0. The average Bonchev–Trinajstić information content (AvgIpc) is 3.37. The molecular weight excluding hydrogens is 877 g/mol. The summed E-state index contributed by atoms with van der Waals surface area (Å²) >= 11 is 0. The lowest BCUT2D eigenvalue weighted by Gasteiger charge is -2.18. The van der Waals surface area contributed by atoms with E-state index in [1.165, 1.54) is 148 Å². The van der Waals surface area contributed by atoms with Crippen molar-refractivity contribution in [1.29, 1.82) is 0 Å². The van der Waals surface area contributed by atoms with E-state index in [1.54, 1.807) is 0 Å². The lowest BCUT2D eigenvalue weighted by atomic mass is 10.1. The molecule has 0 aromatic rings. The standard InChI is InChI=1S/C65H110O6/c1-4-7-10-13-16-19-22-25-28-31-32-35-38-41-44-47-50-53-56-59-65(68)71-62(60-69-63(66)57-54-51-48-45-42-39-36-33-29-26-23-20-17-14-11-8-5-2)61-70-64(67)58-55-52-49-46-43-40-37-34-30-27-24-21-18-15-12-9-6-3/h8,11,16-17,19-20,25-30,36,39,45,48,62H,4-7,9-10,12-15,18,21-24,31-35,37-38,40-44,46-47,49-61H2,1-3H3/b11-8-,19-16-,20-17-,28-25-,29-26-,30-27-,39-36-,48-45-/t62-/m1/s1. The van der Waals surface area contributed by atoms with Crippen molar-refractivity contribution in [2.24, 2.45) is 0 Å². The molecule has 406 valence electrons. The Balaban J connectivity index is 4.48. The first-order valence-electron chi connectivity index (χ1n) is 29.7. The van der Waals surface area contributed by atoms with Gasteiger partial charge in [0.05, 0.1) is 0 Å². The van der Waals surface area contributed by atoms with Gasteiger partial charge in [-0.2, -0.15) is 0 Å². The minimum Gasteiger partial charge on any atom is -0.462 e. The number of carbonyl (C=O) groups excluding carboxylic acids is 3. The molecule has 71 heavy (non-hydrogen) atoms. The van der Waals surface area contributed by atoms with Crippen LogP contribution in [0.3, 0.4) is 0 Å². The first-order valence-corrected chi connectivity index (χ1v) is 29.7. The maximum Gasteiger partial charge on any atom is 0.306 e. The van der Waals surface area contributed by atoms with Gasteiger partial charge in [-0.15, -0.1) is 0 Å². The molecule has 0 radical (unpaired) electrons. The Kier molecular flexibility index (Phi) is 55.9. The van der Waals surface area contributed by atoms with E-state index in [9.17, 15) is 14.4 Å². The molecule has 0 fully saturated rings. The average molecular weight is 988 g/mol. The number of hydrogen-bond donors (Lipinski definition) is 0. The molecule has 0 aliphatic carbocycles. The van der Waals surface area contributed by atoms with Crippen molar-refractivity contribution in [2.45, 2.75) is 284 Å². The molecule has 0 N–H and O–H groups in total. The van der Waals surface area contributed by atoms with Gasteiger partial charge in [0.1, 0.15) is 13.2 Å². The number of carbonyl (C=O) groups is 3. The highest BCUT2D eigenvalue weighted by Gasteiger charge is 2.19. The molecule has 0 spiro atoms. The highest BCUT2D eigenvalue weighted by Crippen LogP contribution is 2.15. The maximum absolute atomic E-state index is 12.9. The second-order valence-electron chi connectivity index (χ2n) is 19.5. The van der Waals surface area contributed by atoms with Gasteiger partial charge in [-0.25, -0.2) is 0 Å².